The van der Waals surface area contributed by atoms with Crippen LogP contribution in [0, 0.1) is 0 Å². The van der Waals surface area contributed by atoms with E-state index in [1.54, 1.807) is 0 Å². The Balaban J connectivity index is 1.07. The van der Waals surface area contributed by atoms with Crippen molar-refractivity contribution >= 4 is 44.7 Å². The van der Waals surface area contributed by atoms with Gasteiger partial charge in [0.25, 0.3) is 0 Å². The van der Waals surface area contributed by atoms with Crippen LogP contribution in [0.1, 0.15) is 36.3 Å². The third-order valence-corrected chi connectivity index (χ3v) is 11.5. The molecule has 7 aromatic rings. The smallest absolute Gasteiger partial charge is 0.101 e. The largest absolute Gasteiger partial charge is 0.314 e. The van der Waals surface area contributed by atoms with E-state index >= 15 is 0 Å². The lowest BCUT2D eigenvalue weighted by atomic mass is 9.82. The van der Waals surface area contributed by atoms with Gasteiger partial charge in [-0.05, 0) is 106 Å². The molecule has 1 heterocycles. The van der Waals surface area contributed by atoms with Gasteiger partial charge in [0.1, 0.15) is 5.00 Å². The Morgan fingerprint density at radius 1 is 0.471 bits per heavy atom. The summed E-state index contributed by atoms with van der Waals surface area (Å²) in [7, 11) is 0. The summed E-state index contributed by atoms with van der Waals surface area (Å²) in [6.45, 7) is 4.69. The van der Waals surface area contributed by atoms with Gasteiger partial charge in [-0.15, -0.1) is 11.3 Å². The molecule has 0 radical (unpaired) electrons. The zero-order chi connectivity index (χ0) is 34.4. The molecule has 246 valence electrons. The molecule has 9 rings (SSSR count). The van der Waals surface area contributed by atoms with E-state index in [9.17, 15) is 0 Å². The quantitative estimate of drug-likeness (QED) is 0.158. The van der Waals surface area contributed by atoms with Crippen molar-refractivity contribution in [1.82, 2.24) is 0 Å². The van der Waals surface area contributed by atoms with E-state index in [0.717, 1.165) is 23.5 Å². The highest BCUT2D eigenvalue weighted by molar-refractivity contribution is 7.17. The number of para-hydroxylation sites is 2. The molecule has 0 aliphatic heterocycles. The summed E-state index contributed by atoms with van der Waals surface area (Å²) in [6, 6.07) is 61.5. The van der Waals surface area contributed by atoms with Crippen molar-refractivity contribution in [2.24, 2.45) is 0 Å². The van der Waals surface area contributed by atoms with Gasteiger partial charge < -0.3 is 9.80 Å². The summed E-state index contributed by atoms with van der Waals surface area (Å²) in [4.78, 5) is 6.10. The average molecular weight is 675 g/mol. The minimum absolute atomic E-state index is 0.0295. The zero-order valence-corrected chi connectivity index (χ0v) is 29.6. The second-order valence-corrected chi connectivity index (χ2v) is 14.9. The van der Waals surface area contributed by atoms with Gasteiger partial charge in [0.05, 0.1) is 0 Å². The highest BCUT2D eigenvalue weighted by Crippen LogP contribution is 2.51. The number of rotatable bonds is 8. The van der Waals surface area contributed by atoms with E-state index in [4.69, 9.17) is 0 Å². The van der Waals surface area contributed by atoms with E-state index < -0.39 is 0 Å². The van der Waals surface area contributed by atoms with Crippen LogP contribution in [-0.4, -0.2) is 0 Å². The third-order valence-electron chi connectivity index (χ3n) is 10.4. The Bertz CT molecular complexity index is 2360. The Hall–Kier alpha value is -5.90. The molecule has 0 unspecified atom stereocenters. The minimum atomic E-state index is -0.0295. The second kappa shape index (κ2) is 12.8. The normalized spacial score (nSPS) is 14.0. The number of hydrogen-bond donors (Lipinski definition) is 0. The summed E-state index contributed by atoms with van der Waals surface area (Å²) in [6.07, 6.45) is 5.48. The maximum absolute atomic E-state index is 2.46. The van der Waals surface area contributed by atoms with Gasteiger partial charge in [-0.25, -0.2) is 0 Å². The average Bonchev–Trinajstić information content (AvgIpc) is 3.92. The summed E-state index contributed by atoms with van der Waals surface area (Å²) >= 11 is 1.85. The number of benzene rings is 6. The number of fused-ring (bicyclic) bond motifs is 3. The number of allylic oxidation sites excluding steroid dienone is 3. The zero-order valence-electron chi connectivity index (χ0n) is 28.8. The van der Waals surface area contributed by atoms with Crippen molar-refractivity contribution in [3.8, 4) is 22.3 Å². The topological polar surface area (TPSA) is 6.48 Å². The summed E-state index contributed by atoms with van der Waals surface area (Å²) < 4.78 is 0. The molecule has 1 aromatic heterocycles. The molecule has 0 saturated carbocycles. The van der Waals surface area contributed by atoms with Crippen LogP contribution in [0.25, 0.3) is 27.8 Å². The Kier molecular flexibility index (Phi) is 7.79. The molecule has 2 aliphatic rings. The van der Waals surface area contributed by atoms with Crippen LogP contribution in [0.4, 0.5) is 27.8 Å². The number of nitrogens with zero attached hydrogens (tertiary/aromatic N) is 2. The molecule has 0 N–H and O–H groups in total. The standard InChI is InChI=1S/C48H38N2S/c1-48(2)44-21-13-12-20-42(44)43-33-41(28-29-45(43)48)49(39-25-22-35(23-26-39)34-14-6-3-7-15-34)40-27-24-36(32-40)46-30-31-47(51-46)50(37-16-8-4-9-17-37)38-18-10-5-11-19-38/h3-31,33H,32H2,1-2H3. The molecule has 2 aliphatic carbocycles. The second-order valence-electron chi connectivity index (χ2n) is 13.8. The van der Waals surface area contributed by atoms with Crippen molar-refractivity contribution in [3.63, 3.8) is 0 Å². The first-order valence-corrected chi connectivity index (χ1v) is 18.5. The lowest BCUT2D eigenvalue weighted by molar-refractivity contribution is 0.660. The predicted molar refractivity (Wildman–Crippen MR) is 218 cm³/mol. The number of hydrogen-bond acceptors (Lipinski definition) is 3. The van der Waals surface area contributed by atoms with E-state index in [-0.39, 0.29) is 5.41 Å². The van der Waals surface area contributed by atoms with E-state index in [2.05, 4.69) is 206 Å². The van der Waals surface area contributed by atoms with Gasteiger partial charge in [0.2, 0.25) is 0 Å². The molecule has 0 saturated heterocycles. The monoisotopic (exact) mass is 674 g/mol. The molecule has 3 heteroatoms. The van der Waals surface area contributed by atoms with Gasteiger partial charge in [-0.1, -0.05) is 129 Å². The van der Waals surface area contributed by atoms with E-state index in [0.29, 0.717) is 0 Å². The Labute approximate surface area is 304 Å². The summed E-state index contributed by atoms with van der Waals surface area (Å²) in [5, 5.41) is 1.20. The number of thiophene rings is 1. The van der Waals surface area contributed by atoms with Crippen LogP contribution in [0.15, 0.2) is 188 Å². The fraction of sp³-hybridized carbons (Fsp3) is 0.0833. The first kappa shape index (κ1) is 31.1. The van der Waals surface area contributed by atoms with E-state index in [1.807, 2.05) is 11.3 Å². The summed E-state index contributed by atoms with van der Waals surface area (Å²) in [5.74, 6) is 0. The molecule has 0 bridgehead atoms. The highest BCUT2D eigenvalue weighted by Gasteiger charge is 2.35. The van der Waals surface area contributed by atoms with Gasteiger partial charge in [0, 0.05) is 45.2 Å². The maximum atomic E-state index is 2.46. The first-order chi connectivity index (χ1) is 25.0. The van der Waals surface area contributed by atoms with Crippen LogP contribution in [0.5, 0.6) is 0 Å². The minimum Gasteiger partial charge on any atom is -0.314 e. The maximum Gasteiger partial charge on any atom is 0.101 e. The Morgan fingerprint density at radius 3 is 1.75 bits per heavy atom. The van der Waals surface area contributed by atoms with Gasteiger partial charge in [-0.3, -0.25) is 0 Å². The number of anilines is 5. The first-order valence-electron chi connectivity index (χ1n) is 17.6. The molecule has 0 spiro atoms. The van der Waals surface area contributed by atoms with Crippen LogP contribution in [-0.2, 0) is 5.41 Å². The molecule has 0 amide bonds. The fourth-order valence-electron chi connectivity index (χ4n) is 7.77. The van der Waals surface area contributed by atoms with Crippen LogP contribution < -0.4 is 9.80 Å². The van der Waals surface area contributed by atoms with Crippen molar-refractivity contribution in [2.75, 3.05) is 9.80 Å². The van der Waals surface area contributed by atoms with E-state index in [1.165, 1.54) is 60.2 Å². The van der Waals surface area contributed by atoms with Gasteiger partial charge in [-0.2, -0.15) is 0 Å². The van der Waals surface area contributed by atoms with Gasteiger partial charge in [0.15, 0.2) is 0 Å². The SMILES string of the molecule is CC1(C)c2ccccc2-c2cc(N(C3=CC=C(c4ccc(N(c5ccccc5)c5ccccc5)s4)C3)c3ccc(-c4ccccc4)cc3)ccc21. The predicted octanol–water partition coefficient (Wildman–Crippen LogP) is 13.7. The lowest BCUT2D eigenvalue weighted by Crippen LogP contribution is -2.17. The lowest BCUT2D eigenvalue weighted by Gasteiger charge is -2.28. The fourth-order valence-corrected chi connectivity index (χ4v) is 8.84. The summed E-state index contributed by atoms with van der Waals surface area (Å²) in [5.41, 5.74) is 15.1. The van der Waals surface area contributed by atoms with Gasteiger partial charge >= 0.3 is 0 Å². The Morgan fingerprint density at radius 2 is 1.04 bits per heavy atom. The molecule has 6 aromatic carbocycles. The highest BCUT2D eigenvalue weighted by atomic mass is 32.1. The van der Waals surface area contributed by atoms with Crippen molar-refractivity contribution in [1.29, 1.82) is 0 Å². The molecular weight excluding hydrogens is 637 g/mol. The van der Waals surface area contributed by atoms with Crippen LogP contribution >= 0.6 is 11.3 Å². The molecule has 51 heavy (non-hydrogen) atoms. The van der Waals surface area contributed by atoms with Crippen LogP contribution in [0.3, 0.4) is 0 Å². The molecule has 0 atom stereocenters. The van der Waals surface area contributed by atoms with Crippen molar-refractivity contribution in [2.45, 2.75) is 25.7 Å². The molecule has 0 fully saturated rings. The molecule has 2 nitrogen and oxygen atoms in total. The molecular formula is C48H38N2S. The van der Waals surface area contributed by atoms with Crippen LogP contribution in [0.2, 0.25) is 0 Å². The van der Waals surface area contributed by atoms with Crippen molar-refractivity contribution in [3.05, 3.63) is 204 Å². The third kappa shape index (κ3) is 5.60. The van der Waals surface area contributed by atoms with Crippen molar-refractivity contribution < 1.29 is 0 Å².